The van der Waals surface area contributed by atoms with Crippen LogP contribution in [0, 0.1) is 0 Å². The quantitative estimate of drug-likeness (QED) is 0.654. The molecule has 2 saturated heterocycles. The van der Waals surface area contributed by atoms with E-state index in [-0.39, 0.29) is 12.5 Å². The van der Waals surface area contributed by atoms with Crippen LogP contribution in [0.4, 0.5) is 4.79 Å². The first-order valence-electron chi connectivity index (χ1n) is 5.99. The lowest BCUT2D eigenvalue weighted by molar-refractivity contribution is -0.167. The average molecular weight is 257 g/mol. The molecule has 2 heterocycles. The predicted octanol–water partition coefficient (Wildman–Crippen LogP) is 1.28. The SMILES string of the molecule is CC(C)(C)OC(=O)N1CC2OC(C)(C)OC2C1=O. The van der Waals surface area contributed by atoms with Gasteiger partial charge in [-0.2, -0.15) is 0 Å². The van der Waals surface area contributed by atoms with Crippen LogP contribution in [-0.2, 0) is 19.0 Å². The number of ether oxygens (including phenoxy) is 3. The fourth-order valence-corrected chi connectivity index (χ4v) is 2.08. The maximum absolute atomic E-state index is 12.0. The van der Waals surface area contributed by atoms with Crippen LogP contribution in [0.5, 0.6) is 0 Å². The monoisotopic (exact) mass is 257 g/mol. The number of hydrogen-bond donors (Lipinski definition) is 0. The molecule has 2 fully saturated rings. The summed E-state index contributed by atoms with van der Waals surface area (Å²) in [6, 6.07) is 0. The Morgan fingerprint density at radius 2 is 2.00 bits per heavy atom. The number of fused-ring (bicyclic) bond motifs is 1. The summed E-state index contributed by atoms with van der Waals surface area (Å²) in [5.74, 6) is -1.16. The lowest BCUT2D eigenvalue weighted by Crippen LogP contribution is -2.41. The van der Waals surface area contributed by atoms with Gasteiger partial charge in [-0.1, -0.05) is 0 Å². The van der Waals surface area contributed by atoms with Gasteiger partial charge in [0.15, 0.2) is 11.9 Å². The molecule has 6 heteroatoms. The Labute approximate surface area is 106 Å². The first-order valence-corrected chi connectivity index (χ1v) is 5.99. The number of nitrogens with zero attached hydrogens (tertiary/aromatic N) is 1. The van der Waals surface area contributed by atoms with E-state index in [1.165, 1.54) is 0 Å². The summed E-state index contributed by atoms with van der Waals surface area (Å²) in [5.41, 5.74) is -0.629. The van der Waals surface area contributed by atoms with E-state index >= 15 is 0 Å². The van der Waals surface area contributed by atoms with Crippen molar-refractivity contribution in [1.82, 2.24) is 4.90 Å². The molecule has 2 amide bonds. The third-order valence-corrected chi connectivity index (χ3v) is 2.67. The molecule has 0 spiro atoms. The highest BCUT2D eigenvalue weighted by molar-refractivity contribution is 5.97. The Kier molecular flexibility index (Phi) is 2.90. The van der Waals surface area contributed by atoms with Crippen molar-refractivity contribution in [3.8, 4) is 0 Å². The summed E-state index contributed by atoms with van der Waals surface area (Å²) in [6.45, 7) is 8.93. The minimum Gasteiger partial charge on any atom is -0.443 e. The van der Waals surface area contributed by atoms with Gasteiger partial charge in [0.1, 0.15) is 11.7 Å². The van der Waals surface area contributed by atoms with E-state index in [9.17, 15) is 9.59 Å². The Hall–Kier alpha value is -1.14. The smallest absolute Gasteiger partial charge is 0.417 e. The zero-order chi connectivity index (χ0) is 13.7. The third-order valence-electron chi connectivity index (χ3n) is 2.67. The number of imide groups is 1. The van der Waals surface area contributed by atoms with Crippen LogP contribution >= 0.6 is 0 Å². The van der Waals surface area contributed by atoms with E-state index in [4.69, 9.17) is 14.2 Å². The largest absolute Gasteiger partial charge is 0.443 e. The van der Waals surface area contributed by atoms with Gasteiger partial charge in [-0.25, -0.2) is 9.69 Å². The van der Waals surface area contributed by atoms with Crippen LogP contribution in [0.25, 0.3) is 0 Å². The predicted molar refractivity (Wildman–Crippen MR) is 61.8 cm³/mol. The minimum absolute atomic E-state index is 0.182. The van der Waals surface area contributed by atoms with E-state index in [1.54, 1.807) is 34.6 Å². The summed E-state index contributed by atoms with van der Waals surface area (Å²) in [7, 11) is 0. The van der Waals surface area contributed by atoms with Crippen LogP contribution in [-0.4, -0.2) is 47.0 Å². The summed E-state index contributed by atoms with van der Waals surface area (Å²) in [6.07, 6.45) is -1.75. The zero-order valence-corrected chi connectivity index (χ0v) is 11.4. The molecule has 0 radical (unpaired) electrons. The molecule has 2 unspecified atom stereocenters. The van der Waals surface area contributed by atoms with Gasteiger partial charge < -0.3 is 14.2 Å². The van der Waals surface area contributed by atoms with Crippen molar-refractivity contribution in [2.75, 3.05) is 6.54 Å². The summed E-state index contributed by atoms with van der Waals surface area (Å²) < 4.78 is 16.2. The van der Waals surface area contributed by atoms with Crippen molar-refractivity contribution in [3.63, 3.8) is 0 Å². The van der Waals surface area contributed by atoms with Crippen LogP contribution in [0.1, 0.15) is 34.6 Å². The second kappa shape index (κ2) is 3.93. The molecule has 0 aromatic heterocycles. The lowest BCUT2D eigenvalue weighted by Gasteiger charge is -2.25. The fraction of sp³-hybridized carbons (Fsp3) is 0.833. The first-order chi connectivity index (χ1) is 8.09. The molecule has 0 aliphatic carbocycles. The van der Waals surface area contributed by atoms with Gasteiger partial charge in [0.25, 0.3) is 5.91 Å². The number of carbonyl (C=O) groups excluding carboxylic acids is 2. The van der Waals surface area contributed by atoms with Crippen LogP contribution < -0.4 is 0 Å². The molecule has 102 valence electrons. The van der Waals surface area contributed by atoms with Gasteiger partial charge in [-0.15, -0.1) is 0 Å². The average Bonchev–Trinajstić information content (AvgIpc) is 2.58. The number of likely N-dealkylation sites (tertiary alicyclic amines) is 1. The van der Waals surface area contributed by atoms with Crippen LogP contribution in [0.15, 0.2) is 0 Å². The van der Waals surface area contributed by atoms with Gasteiger partial charge in [-0.3, -0.25) is 4.79 Å². The maximum atomic E-state index is 12.0. The van der Waals surface area contributed by atoms with Crippen molar-refractivity contribution in [3.05, 3.63) is 0 Å². The van der Waals surface area contributed by atoms with Crippen molar-refractivity contribution in [1.29, 1.82) is 0 Å². The van der Waals surface area contributed by atoms with Gasteiger partial charge in [0.2, 0.25) is 0 Å². The second-order valence-corrected chi connectivity index (χ2v) is 6.02. The van der Waals surface area contributed by atoms with Crippen molar-refractivity contribution >= 4 is 12.0 Å². The maximum Gasteiger partial charge on any atom is 0.417 e. The summed E-state index contributed by atoms with van der Waals surface area (Å²) >= 11 is 0. The topological polar surface area (TPSA) is 65.1 Å². The number of rotatable bonds is 0. The Bertz CT molecular complexity index is 384. The Morgan fingerprint density at radius 3 is 2.50 bits per heavy atom. The van der Waals surface area contributed by atoms with Crippen molar-refractivity contribution in [2.24, 2.45) is 0 Å². The molecular weight excluding hydrogens is 238 g/mol. The van der Waals surface area contributed by atoms with Gasteiger partial charge in [0.05, 0.1) is 6.54 Å². The van der Waals surface area contributed by atoms with Crippen LogP contribution in [0.3, 0.4) is 0 Å². The number of amides is 2. The molecule has 0 aromatic rings. The molecule has 0 N–H and O–H groups in total. The van der Waals surface area contributed by atoms with E-state index in [0.29, 0.717) is 0 Å². The number of carbonyl (C=O) groups is 2. The van der Waals surface area contributed by atoms with Crippen LogP contribution in [0.2, 0.25) is 0 Å². The van der Waals surface area contributed by atoms with Crippen molar-refractivity contribution in [2.45, 2.75) is 58.2 Å². The number of hydrogen-bond acceptors (Lipinski definition) is 5. The molecule has 0 saturated carbocycles. The fourth-order valence-electron chi connectivity index (χ4n) is 2.08. The Morgan fingerprint density at radius 1 is 1.39 bits per heavy atom. The molecule has 0 bridgehead atoms. The van der Waals surface area contributed by atoms with Gasteiger partial charge >= 0.3 is 6.09 Å². The third kappa shape index (κ3) is 2.49. The molecule has 2 aliphatic rings. The van der Waals surface area contributed by atoms with E-state index in [0.717, 1.165) is 4.90 Å². The van der Waals surface area contributed by atoms with E-state index < -0.39 is 29.7 Å². The molecular formula is C12H19NO5. The Balaban J connectivity index is 2.04. The standard InChI is InChI=1S/C12H19NO5/c1-11(2,3)18-10(15)13-6-7-8(9(13)14)17-12(4,5)16-7/h7-8H,6H2,1-5H3. The minimum atomic E-state index is -0.773. The van der Waals surface area contributed by atoms with Gasteiger partial charge in [0, 0.05) is 0 Å². The summed E-state index contributed by atoms with van der Waals surface area (Å²) in [4.78, 5) is 24.9. The highest BCUT2D eigenvalue weighted by Gasteiger charge is 2.54. The first kappa shape index (κ1) is 13.3. The summed E-state index contributed by atoms with van der Waals surface area (Å²) in [5, 5.41) is 0. The normalized spacial score (nSPS) is 30.5. The molecule has 6 nitrogen and oxygen atoms in total. The van der Waals surface area contributed by atoms with E-state index in [2.05, 4.69) is 0 Å². The molecule has 2 aliphatic heterocycles. The second-order valence-electron chi connectivity index (χ2n) is 6.02. The van der Waals surface area contributed by atoms with E-state index in [1.807, 2.05) is 0 Å². The molecule has 18 heavy (non-hydrogen) atoms. The van der Waals surface area contributed by atoms with Crippen molar-refractivity contribution < 1.29 is 23.8 Å². The lowest BCUT2D eigenvalue weighted by atomic mass is 10.2. The highest BCUT2D eigenvalue weighted by atomic mass is 16.8. The molecule has 0 aromatic carbocycles. The highest BCUT2D eigenvalue weighted by Crippen LogP contribution is 2.34. The molecule has 2 rings (SSSR count). The van der Waals surface area contributed by atoms with Gasteiger partial charge in [-0.05, 0) is 34.6 Å². The molecule has 2 atom stereocenters. The zero-order valence-electron chi connectivity index (χ0n) is 11.4.